The lowest BCUT2D eigenvalue weighted by Crippen LogP contribution is -3.00. The minimum atomic E-state index is 0. The molecular formula is C24H29IN2S. The summed E-state index contributed by atoms with van der Waals surface area (Å²) in [4.78, 5) is 2.12. The number of aryl methyl sites for hydroxylation is 1. The molecule has 1 heterocycles. The van der Waals surface area contributed by atoms with Crippen LogP contribution in [0.2, 0.25) is 0 Å². The molecule has 0 amide bonds. The van der Waals surface area contributed by atoms with E-state index in [2.05, 4.69) is 106 Å². The highest BCUT2D eigenvalue weighted by molar-refractivity contribution is 7.10. The third kappa shape index (κ3) is 4.49. The Bertz CT molecular complexity index is 998. The summed E-state index contributed by atoms with van der Waals surface area (Å²) in [6, 6.07) is 11.0. The lowest BCUT2D eigenvalue weighted by molar-refractivity contribution is -0.657. The van der Waals surface area contributed by atoms with Crippen LogP contribution in [0.3, 0.4) is 0 Å². The molecule has 148 valence electrons. The molecule has 0 saturated carbocycles. The fraction of sp³-hybridized carbons (Fsp3) is 0.292. The molecule has 3 rings (SSSR count). The zero-order valence-electron chi connectivity index (χ0n) is 17.8. The molecule has 0 aliphatic rings. The Kier molecular flexibility index (Phi) is 7.46. The number of thiazole rings is 1. The predicted molar refractivity (Wildman–Crippen MR) is 120 cm³/mol. The van der Waals surface area contributed by atoms with Gasteiger partial charge in [0.2, 0.25) is 5.69 Å². The molecule has 2 nitrogen and oxygen atoms in total. The van der Waals surface area contributed by atoms with Crippen LogP contribution in [0.4, 0.5) is 5.69 Å². The minimum Gasteiger partial charge on any atom is -1.00 e. The van der Waals surface area contributed by atoms with Gasteiger partial charge < -0.3 is 28.9 Å². The van der Waals surface area contributed by atoms with E-state index in [0.717, 1.165) is 0 Å². The Morgan fingerprint density at radius 2 is 1.54 bits per heavy atom. The van der Waals surface area contributed by atoms with Crippen molar-refractivity contribution in [3.63, 3.8) is 0 Å². The first-order valence-electron chi connectivity index (χ1n) is 9.30. The lowest BCUT2D eigenvalue weighted by Gasteiger charge is -2.12. The fourth-order valence-electron chi connectivity index (χ4n) is 3.32. The first-order chi connectivity index (χ1) is 12.8. The third-order valence-electron chi connectivity index (χ3n) is 5.57. The topological polar surface area (TPSA) is 7.12 Å². The number of hydrogen-bond acceptors (Lipinski definition) is 2. The van der Waals surface area contributed by atoms with Crippen molar-refractivity contribution < 1.29 is 28.5 Å². The fourth-order valence-corrected chi connectivity index (χ4v) is 4.24. The summed E-state index contributed by atoms with van der Waals surface area (Å²) in [6.45, 7) is 8.88. The summed E-state index contributed by atoms with van der Waals surface area (Å²) in [6.07, 6.45) is 4.40. The second-order valence-electron chi connectivity index (χ2n) is 7.45. The summed E-state index contributed by atoms with van der Waals surface area (Å²) in [5.74, 6) is 0. The number of aromatic nitrogens is 1. The molecule has 0 saturated heterocycles. The van der Waals surface area contributed by atoms with Gasteiger partial charge in [-0.1, -0.05) is 23.5 Å². The summed E-state index contributed by atoms with van der Waals surface area (Å²) < 4.78 is 2.30. The van der Waals surface area contributed by atoms with E-state index >= 15 is 0 Å². The van der Waals surface area contributed by atoms with E-state index in [-0.39, 0.29) is 24.0 Å². The average Bonchev–Trinajstić information content (AvgIpc) is 3.02. The Balaban J connectivity index is 0.00000280. The van der Waals surface area contributed by atoms with Gasteiger partial charge in [0.1, 0.15) is 7.05 Å². The van der Waals surface area contributed by atoms with Crippen molar-refractivity contribution in [2.75, 3.05) is 19.0 Å². The van der Waals surface area contributed by atoms with E-state index in [1.54, 1.807) is 11.3 Å². The van der Waals surface area contributed by atoms with Crippen LogP contribution in [0.5, 0.6) is 0 Å². The van der Waals surface area contributed by atoms with Gasteiger partial charge in [-0.15, -0.1) is 0 Å². The van der Waals surface area contributed by atoms with E-state index in [4.69, 9.17) is 0 Å². The van der Waals surface area contributed by atoms with Gasteiger partial charge in [0.25, 0.3) is 5.01 Å². The molecule has 4 heteroatoms. The van der Waals surface area contributed by atoms with E-state index < -0.39 is 0 Å². The molecule has 0 aliphatic heterocycles. The van der Waals surface area contributed by atoms with Crippen LogP contribution >= 0.6 is 11.3 Å². The number of halogens is 1. The van der Waals surface area contributed by atoms with Crippen molar-refractivity contribution in [1.29, 1.82) is 0 Å². The smallest absolute Gasteiger partial charge is 0.261 e. The van der Waals surface area contributed by atoms with Crippen LogP contribution < -0.4 is 33.4 Å². The van der Waals surface area contributed by atoms with Crippen LogP contribution in [-0.2, 0) is 7.05 Å². The SMILES string of the molecule is Cc1cc(-c2csc(/C=C/c3ccc(N(C)C)cc3)[n+]2C)c(C)c(C)c1C.[I-]. The van der Waals surface area contributed by atoms with E-state index in [0.29, 0.717) is 0 Å². The maximum Gasteiger partial charge on any atom is 0.261 e. The van der Waals surface area contributed by atoms with Gasteiger partial charge in [-0.05, 0) is 79.8 Å². The highest BCUT2D eigenvalue weighted by Crippen LogP contribution is 2.30. The molecule has 0 N–H and O–H groups in total. The zero-order chi connectivity index (χ0) is 19.7. The molecule has 0 atom stereocenters. The molecule has 0 bridgehead atoms. The number of nitrogens with zero attached hydrogens (tertiary/aromatic N) is 2. The maximum absolute atomic E-state index is 2.33. The number of rotatable bonds is 4. The molecular weight excluding hydrogens is 475 g/mol. The maximum atomic E-state index is 2.33. The van der Waals surface area contributed by atoms with Crippen molar-refractivity contribution in [3.05, 3.63) is 68.5 Å². The van der Waals surface area contributed by atoms with E-state index in [1.165, 1.54) is 49.8 Å². The van der Waals surface area contributed by atoms with Gasteiger partial charge in [-0.2, -0.15) is 4.57 Å². The van der Waals surface area contributed by atoms with Crippen molar-refractivity contribution in [3.8, 4) is 11.3 Å². The molecule has 3 aromatic rings. The quantitative estimate of drug-likeness (QED) is 0.392. The Hall–Kier alpha value is -1.66. The Morgan fingerprint density at radius 1 is 0.893 bits per heavy atom. The highest BCUT2D eigenvalue weighted by atomic mass is 127. The Morgan fingerprint density at radius 3 is 2.14 bits per heavy atom. The predicted octanol–water partition coefficient (Wildman–Crippen LogP) is 2.71. The summed E-state index contributed by atoms with van der Waals surface area (Å²) >= 11 is 1.79. The number of hydrogen-bond donors (Lipinski definition) is 0. The second kappa shape index (κ2) is 9.23. The molecule has 0 fully saturated rings. The standard InChI is InChI=1S/C24H29N2S.HI/c1-16-14-22(19(4)18(3)17(16)2)23-15-27-24(26(23)7)13-10-20-8-11-21(12-9-20)25(5)6;/h8-15H,1-7H3;1H/q+1;/p-1. The van der Waals surface area contributed by atoms with Gasteiger partial charge >= 0.3 is 0 Å². The summed E-state index contributed by atoms with van der Waals surface area (Å²) in [5, 5.41) is 3.52. The van der Waals surface area contributed by atoms with Crippen molar-refractivity contribution in [2.24, 2.45) is 7.05 Å². The van der Waals surface area contributed by atoms with Crippen molar-refractivity contribution in [2.45, 2.75) is 27.7 Å². The zero-order valence-corrected chi connectivity index (χ0v) is 20.8. The van der Waals surface area contributed by atoms with Crippen LogP contribution in [0, 0.1) is 27.7 Å². The van der Waals surface area contributed by atoms with Gasteiger partial charge in [0, 0.05) is 25.9 Å². The molecule has 0 radical (unpaired) electrons. The molecule has 1 aromatic heterocycles. The summed E-state index contributed by atoms with van der Waals surface area (Å²) in [7, 11) is 6.29. The van der Waals surface area contributed by atoms with Crippen LogP contribution in [0.15, 0.2) is 35.7 Å². The molecule has 2 aromatic carbocycles. The Labute approximate surface area is 190 Å². The number of benzene rings is 2. The third-order valence-corrected chi connectivity index (χ3v) is 6.56. The van der Waals surface area contributed by atoms with Gasteiger partial charge in [-0.3, -0.25) is 0 Å². The molecule has 0 aliphatic carbocycles. The molecule has 0 unspecified atom stereocenters. The van der Waals surface area contributed by atoms with E-state index in [9.17, 15) is 0 Å². The van der Waals surface area contributed by atoms with Crippen molar-refractivity contribution >= 4 is 29.2 Å². The highest BCUT2D eigenvalue weighted by Gasteiger charge is 2.20. The first kappa shape index (κ1) is 22.6. The van der Waals surface area contributed by atoms with Crippen LogP contribution in [0.25, 0.3) is 23.4 Å². The van der Waals surface area contributed by atoms with Crippen LogP contribution in [-0.4, -0.2) is 14.1 Å². The molecule has 28 heavy (non-hydrogen) atoms. The van der Waals surface area contributed by atoms with E-state index in [1.807, 2.05) is 0 Å². The van der Waals surface area contributed by atoms with Crippen LogP contribution in [0.1, 0.15) is 32.8 Å². The first-order valence-corrected chi connectivity index (χ1v) is 10.2. The monoisotopic (exact) mass is 504 g/mol. The minimum absolute atomic E-state index is 0. The largest absolute Gasteiger partial charge is 1.00 e. The van der Waals surface area contributed by atoms with Gasteiger partial charge in [-0.25, -0.2) is 0 Å². The van der Waals surface area contributed by atoms with Gasteiger partial charge in [0.15, 0.2) is 0 Å². The average molecular weight is 504 g/mol. The lowest BCUT2D eigenvalue weighted by atomic mass is 9.93. The molecule has 0 spiro atoms. The second-order valence-corrected chi connectivity index (χ2v) is 8.34. The number of anilines is 1. The van der Waals surface area contributed by atoms with Crippen molar-refractivity contribution in [1.82, 2.24) is 0 Å². The summed E-state index contributed by atoms with van der Waals surface area (Å²) in [5.41, 5.74) is 10.6. The normalized spacial score (nSPS) is 11.0. The van der Waals surface area contributed by atoms with Gasteiger partial charge in [0.05, 0.1) is 10.9 Å².